The summed E-state index contributed by atoms with van der Waals surface area (Å²) in [6.45, 7) is 1.56. The molecule has 0 radical (unpaired) electrons. The van der Waals surface area contributed by atoms with Gasteiger partial charge in [-0.05, 0) is 82.4 Å². The zero-order chi connectivity index (χ0) is 26.4. The Hall–Kier alpha value is -2.27. The summed E-state index contributed by atoms with van der Waals surface area (Å²) < 4.78 is 8.35. The molecule has 0 aliphatic heterocycles. The highest BCUT2D eigenvalue weighted by atomic mass is 32.2. The summed E-state index contributed by atoms with van der Waals surface area (Å²) >= 11 is 2.86. The highest BCUT2D eigenvalue weighted by molar-refractivity contribution is 7.98. The molecule has 1 saturated carbocycles. The molecule has 1 fully saturated rings. The van der Waals surface area contributed by atoms with Gasteiger partial charge in [0.05, 0.1) is 4.92 Å². The SMILES string of the molecule is COC1(C(=O)NSc2ccc(NCCCN(C)C)c([N+](=O)[O-])c2)CCCCC1.CSc1ccccc1. The Morgan fingerprint density at radius 1 is 1.11 bits per heavy atom. The largest absolute Gasteiger partial charge is 0.379 e. The summed E-state index contributed by atoms with van der Waals surface area (Å²) in [5, 5.41) is 14.6. The van der Waals surface area contributed by atoms with Crippen LogP contribution >= 0.6 is 23.7 Å². The number of benzene rings is 2. The van der Waals surface area contributed by atoms with E-state index in [4.69, 9.17) is 4.74 Å². The van der Waals surface area contributed by atoms with Gasteiger partial charge in [0.2, 0.25) is 0 Å². The number of methoxy groups -OCH3 is 1. The number of nitrogens with one attached hydrogen (secondary N) is 2. The number of thioether (sulfide) groups is 1. The van der Waals surface area contributed by atoms with Crippen LogP contribution in [0.15, 0.2) is 58.3 Å². The first-order chi connectivity index (χ1) is 17.3. The van der Waals surface area contributed by atoms with E-state index in [0.717, 1.165) is 44.2 Å². The van der Waals surface area contributed by atoms with Gasteiger partial charge in [-0.2, -0.15) is 0 Å². The van der Waals surface area contributed by atoms with Crippen LogP contribution in [0.1, 0.15) is 38.5 Å². The molecule has 0 saturated heterocycles. The van der Waals surface area contributed by atoms with Crippen molar-refractivity contribution in [3.8, 4) is 0 Å². The smallest absolute Gasteiger partial charge is 0.293 e. The number of anilines is 1. The number of carbonyl (C=O) groups excluding carboxylic acids is 1. The Morgan fingerprint density at radius 3 is 2.36 bits per heavy atom. The Morgan fingerprint density at radius 2 is 1.81 bits per heavy atom. The number of nitrogens with zero attached hydrogens (tertiary/aromatic N) is 2. The molecule has 0 atom stereocenters. The van der Waals surface area contributed by atoms with Gasteiger partial charge in [-0.1, -0.05) is 37.5 Å². The summed E-state index contributed by atoms with van der Waals surface area (Å²) in [5.41, 5.74) is -0.297. The molecule has 1 amide bonds. The average Bonchev–Trinajstić information content (AvgIpc) is 2.91. The van der Waals surface area contributed by atoms with E-state index in [1.54, 1.807) is 31.0 Å². The second-order valence-electron chi connectivity index (χ2n) is 8.83. The number of rotatable bonds is 11. The molecular weight excluding hydrogens is 496 g/mol. The zero-order valence-electron chi connectivity index (χ0n) is 21.6. The van der Waals surface area contributed by atoms with Crippen molar-refractivity contribution in [3.05, 3.63) is 58.6 Å². The molecule has 1 aliphatic carbocycles. The number of hydrogen-bond acceptors (Lipinski definition) is 8. The first-order valence-electron chi connectivity index (χ1n) is 12.1. The first-order valence-corrected chi connectivity index (χ1v) is 14.1. The summed E-state index contributed by atoms with van der Waals surface area (Å²) in [6, 6.07) is 15.3. The second-order valence-corrected chi connectivity index (χ2v) is 10.6. The van der Waals surface area contributed by atoms with Gasteiger partial charge in [0.1, 0.15) is 11.3 Å². The third kappa shape index (κ3) is 9.65. The molecule has 0 unspecified atom stereocenters. The van der Waals surface area contributed by atoms with Crippen molar-refractivity contribution < 1.29 is 14.5 Å². The van der Waals surface area contributed by atoms with Gasteiger partial charge < -0.3 is 15.0 Å². The van der Waals surface area contributed by atoms with E-state index in [1.165, 1.54) is 11.0 Å². The minimum Gasteiger partial charge on any atom is -0.379 e. The molecule has 0 heterocycles. The maximum absolute atomic E-state index is 12.6. The van der Waals surface area contributed by atoms with Crippen LogP contribution in [0.2, 0.25) is 0 Å². The predicted octanol–water partition coefficient (Wildman–Crippen LogP) is 5.84. The topological polar surface area (TPSA) is 96.7 Å². The lowest BCUT2D eigenvalue weighted by Gasteiger charge is -2.34. The van der Waals surface area contributed by atoms with Crippen molar-refractivity contribution in [2.75, 3.05) is 45.9 Å². The van der Waals surface area contributed by atoms with Gasteiger partial charge in [-0.15, -0.1) is 11.8 Å². The number of amides is 1. The van der Waals surface area contributed by atoms with E-state index in [-0.39, 0.29) is 11.6 Å². The molecule has 0 bridgehead atoms. The number of carbonyl (C=O) groups is 1. The molecule has 8 nitrogen and oxygen atoms in total. The predicted molar refractivity (Wildman–Crippen MR) is 150 cm³/mol. The lowest BCUT2D eigenvalue weighted by molar-refractivity contribution is -0.384. The first kappa shape index (κ1) is 30.0. The highest BCUT2D eigenvalue weighted by Crippen LogP contribution is 2.33. The minimum absolute atomic E-state index is 0.00298. The number of nitro groups is 1. The van der Waals surface area contributed by atoms with Crippen LogP contribution in [-0.2, 0) is 9.53 Å². The van der Waals surface area contributed by atoms with E-state index in [0.29, 0.717) is 30.0 Å². The molecular formula is C26H38N4O4S2. The van der Waals surface area contributed by atoms with E-state index in [9.17, 15) is 14.9 Å². The standard InChI is InChI=1S/C19H30N4O4S.C7H8S/c1-22(2)13-7-12-20-16-9-8-15(14-17(16)23(25)26)28-21-18(24)19(27-3)10-5-4-6-11-19;1-8-7-5-3-2-4-6-7/h8-9,14,20H,4-7,10-13H2,1-3H3,(H,21,24);2-6H,1H3. The Kier molecular flexibility index (Phi) is 13.1. The van der Waals surface area contributed by atoms with Crippen molar-refractivity contribution in [1.29, 1.82) is 0 Å². The number of nitro benzene ring substituents is 1. The number of hydrogen-bond donors (Lipinski definition) is 2. The quantitative estimate of drug-likeness (QED) is 0.122. The van der Waals surface area contributed by atoms with Crippen LogP contribution in [0.4, 0.5) is 11.4 Å². The Bertz CT molecular complexity index is 954. The molecule has 0 spiro atoms. The van der Waals surface area contributed by atoms with Crippen LogP contribution in [-0.4, -0.2) is 61.9 Å². The van der Waals surface area contributed by atoms with Crippen molar-refractivity contribution in [3.63, 3.8) is 0 Å². The summed E-state index contributed by atoms with van der Waals surface area (Å²) in [4.78, 5) is 27.7. The number of ether oxygens (including phenoxy) is 1. The molecule has 198 valence electrons. The van der Waals surface area contributed by atoms with Crippen LogP contribution in [0.3, 0.4) is 0 Å². The summed E-state index contributed by atoms with van der Waals surface area (Å²) in [7, 11) is 5.55. The zero-order valence-corrected chi connectivity index (χ0v) is 23.3. The fraction of sp³-hybridized carbons (Fsp3) is 0.500. The van der Waals surface area contributed by atoms with Gasteiger partial charge in [0.15, 0.2) is 0 Å². The van der Waals surface area contributed by atoms with Crippen molar-refractivity contribution >= 4 is 41.0 Å². The Balaban J connectivity index is 0.000000482. The van der Waals surface area contributed by atoms with E-state index >= 15 is 0 Å². The molecule has 0 aromatic heterocycles. The van der Waals surface area contributed by atoms with Crippen LogP contribution in [0.25, 0.3) is 0 Å². The second kappa shape index (κ2) is 15.8. The van der Waals surface area contributed by atoms with Crippen molar-refractivity contribution in [1.82, 2.24) is 9.62 Å². The van der Waals surface area contributed by atoms with E-state index in [1.807, 2.05) is 32.3 Å². The van der Waals surface area contributed by atoms with Crippen molar-refractivity contribution in [2.24, 2.45) is 0 Å². The Labute approximate surface area is 223 Å². The summed E-state index contributed by atoms with van der Waals surface area (Å²) in [5.74, 6) is -0.173. The highest BCUT2D eigenvalue weighted by Gasteiger charge is 2.39. The van der Waals surface area contributed by atoms with Gasteiger partial charge in [0.25, 0.3) is 11.6 Å². The van der Waals surface area contributed by atoms with Crippen LogP contribution in [0.5, 0.6) is 0 Å². The molecule has 2 aromatic rings. The average molecular weight is 535 g/mol. The summed E-state index contributed by atoms with van der Waals surface area (Å²) in [6.07, 6.45) is 7.40. The van der Waals surface area contributed by atoms with Gasteiger partial charge in [0, 0.05) is 29.5 Å². The minimum atomic E-state index is -0.787. The lowest BCUT2D eigenvalue weighted by atomic mass is 9.84. The lowest BCUT2D eigenvalue weighted by Crippen LogP contribution is -2.47. The third-order valence-electron chi connectivity index (χ3n) is 5.97. The van der Waals surface area contributed by atoms with E-state index < -0.39 is 10.5 Å². The third-order valence-corrected chi connectivity index (χ3v) is 7.49. The molecule has 36 heavy (non-hydrogen) atoms. The molecule has 10 heteroatoms. The normalized spacial score (nSPS) is 14.5. The molecule has 1 aliphatic rings. The molecule has 2 aromatic carbocycles. The fourth-order valence-corrected chi connectivity index (χ4v) is 5.03. The van der Waals surface area contributed by atoms with E-state index in [2.05, 4.69) is 33.3 Å². The van der Waals surface area contributed by atoms with Crippen LogP contribution < -0.4 is 10.0 Å². The van der Waals surface area contributed by atoms with Gasteiger partial charge >= 0.3 is 0 Å². The van der Waals surface area contributed by atoms with Crippen molar-refractivity contribution in [2.45, 2.75) is 53.9 Å². The fourth-order valence-electron chi connectivity index (χ4n) is 3.90. The van der Waals surface area contributed by atoms with Gasteiger partial charge in [-0.3, -0.25) is 19.6 Å². The molecule has 2 N–H and O–H groups in total. The van der Waals surface area contributed by atoms with Crippen LogP contribution in [0, 0.1) is 10.1 Å². The monoisotopic (exact) mass is 534 g/mol. The molecule has 3 rings (SSSR count). The van der Waals surface area contributed by atoms with Gasteiger partial charge in [-0.25, -0.2) is 0 Å². The maximum atomic E-state index is 12.6. The maximum Gasteiger partial charge on any atom is 0.293 e.